The summed E-state index contributed by atoms with van der Waals surface area (Å²) in [6.07, 6.45) is -62.6. The van der Waals surface area contributed by atoms with Crippen molar-refractivity contribution in [2.75, 3.05) is 46.2 Å². The van der Waals surface area contributed by atoms with Crippen LogP contribution in [0.15, 0.2) is 12.2 Å². The van der Waals surface area contributed by atoms with Gasteiger partial charge in [-0.2, -0.15) is 0 Å². The first kappa shape index (κ1) is 79.0. The number of carbonyl (C=O) groups is 2. The Labute approximate surface area is 549 Å². The Morgan fingerprint density at radius 2 is 0.573 bits per heavy atom. The van der Waals surface area contributed by atoms with Crippen LogP contribution in [0, 0.1) is 5.92 Å². The van der Waals surface area contributed by atoms with E-state index in [1.54, 1.807) is 12.2 Å². The Balaban J connectivity index is 1.08. The molecule has 0 radical (unpaired) electrons. The smallest absolute Gasteiger partial charge is 0.309 e. The number of aliphatic hydroxyl groups excluding tert-OH is 20. The molecule has 21 heterocycles. The highest BCUT2D eigenvalue weighted by Gasteiger charge is 2.60. The standard InChI is InChI=1S/C58H96O38/c1-2-3-4-5-6-7-8-9-10-11-12-21(13-29(65)66)51(81)82-20-28-50-36(73)43(80)58(89-28)95-49-27(19-64)87-56(41(78)34(49)71)93-47-25(17-62)85-54(39(76)32(47)69)91-45-23(15-60)83-52(37(74)30(45)67)90-44-22(14-59)84-53(38(75)31(44)68)92-46-24(16-61)86-55(40(77)33(46)70)94-48-26(18-63)88-57(96-50)42(79)35(48)72/h10-11,21-28,30-50,52-64,67-80H,2-9,12-20H2,1H3,(H,65,66)/b11-10+/t21?,22-,23-,24-,25-,26-,27-,28-,30?,31?,32-,33-,34-,35-,36-,37-,38-,39-,40-,41-,42?,43-,44-,45-,46-,47-,48-,49-,50-,52-,53-,54-,55-,56-,57-,58-/m1/s1. The molecule has 0 spiro atoms. The SMILES string of the molecule is CCCCCCCCC/C=C/CC(CC(=O)O)C(=O)OC[C@H]1O[C@@H]2O[C@H]3[C@H](O)[C@@H](O)[C@@H](O[C@H]4[C@H](O)[C@@H](O)[C@H](O[C@@H]4CO)O[C@H]4C(O)[C@@H](O)[C@H](O[C@@H]4CO)O[C@H]4C(O)[C@@H](O)[C@@H](O[C@H]5[C@H](O)[C@@H](O)[C@@H](O[C@H]6[C@H](O)C(O)[C@@H](O[C@H]1[C@H](O)[C@H]2O)O[C@@H]6CO)O[C@@H]5CO)O[C@@H]4CO)O[C@@H]3CO. The lowest BCUT2D eigenvalue weighted by molar-refractivity contribution is -0.396. The van der Waals surface area contributed by atoms with E-state index in [9.17, 15) is 117 Å². The Bertz CT molecular complexity index is 2350. The molecule has 38 heteroatoms. The van der Waals surface area contributed by atoms with Gasteiger partial charge in [-0.3, -0.25) is 9.59 Å². The van der Waals surface area contributed by atoms with E-state index in [1.807, 2.05) is 0 Å². The number of ether oxygens (including phenoxy) is 15. The lowest BCUT2D eigenvalue weighted by Gasteiger charge is -2.50. The summed E-state index contributed by atoms with van der Waals surface area (Å²) in [5, 5.41) is 235. The maximum atomic E-state index is 13.8. The monoisotopic (exact) mass is 1400 g/mol. The minimum absolute atomic E-state index is 0.118. The molecule has 21 saturated heterocycles. The molecule has 0 aromatic rings. The number of unbranched alkanes of at least 4 members (excludes halogenated alkanes) is 7. The molecule has 38 nitrogen and oxygen atoms in total. The molecular weight excluding hydrogens is 1300 g/mol. The van der Waals surface area contributed by atoms with Crippen LogP contribution >= 0.6 is 0 Å². The summed E-state index contributed by atoms with van der Waals surface area (Å²) in [6, 6.07) is 0. The lowest BCUT2D eigenvalue weighted by Crippen LogP contribution is -2.68. The molecule has 36 atom stereocenters. The van der Waals surface area contributed by atoms with Crippen molar-refractivity contribution in [1.82, 2.24) is 0 Å². The van der Waals surface area contributed by atoms with Crippen molar-refractivity contribution in [3.63, 3.8) is 0 Å². The molecule has 0 amide bonds. The van der Waals surface area contributed by atoms with Gasteiger partial charge in [0.05, 0.1) is 52.0 Å². The van der Waals surface area contributed by atoms with Gasteiger partial charge >= 0.3 is 11.9 Å². The fourth-order valence-corrected chi connectivity index (χ4v) is 12.8. The Hall–Kier alpha value is -2.68. The highest BCUT2D eigenvalue weighted by molar-refractivity contribution is 5.79. The largest absolute Gasteiger partial charge is 0.481 e. The van der Waals surface area contributed by atoms with Crippen LogP contribution in [0.5, 0.6) is 0 Å². The number of carboxylic acid groups (broad SMARTS) is 1. The van der Waals surface area contributed by atoms with Crippen molar-refractivity contribution >= 4 is 11.9 Å². The minimum Gasteiger partial charge on any atom is -0.481 e. The highest BCUT2D eigenvalue weighted by atomic mass is 16.8. The molecule has 21 N–H and O–H groups in total. The van der Waals surface area contributed by atoms with E-state index in [2.05, 4.69) is 6.92 Å². The van der Waals surface area contributed by atoms with Crippen molar-refractivity contribution < 1.29 is 188 Å². The number of rotatable bonds is 21. The molecule has 0 aliphatic carbocycles. The minimum atomic E-state index is -2.35. The lowest BCUT2D eigenvalue weighted by atomic mass is 9.95. The molecule has 4 unspecified atom stereocenters. The number of aliphatic carboxylic acids is 1. The van der Waals surface area contributed by atoms with Crippen LogP contribution in [-0.2, 0) is 80.6 Å². The molecule has 0 saturated carbocycles. The van der Waals surface area contributed by atoms with Crippen LogP contribution in [0.1, 0.15) is 71.1 Å². The van der Waals surface area contributed by atoms with Crippen LogP contribution in [-0.4, -0.2) is 380 Å². The zero-order valence-corrected chi connectivity index (χ0v) is 52.3. The molecular formula is C58H96O38. The number of hydrogen-bond donors (Lipinski definition) is 21. The van der Waals surface area contributed by atoms with Gasteiger partial charge in [0, 0.05) is 0 Å². The molecule has 21 rings (SSSR count). The quantitative estimate of drug-likeness (QED) is 0.0288. The van der Waals surface area contributed by atoms with Gasteiger partial charge in [0.15, 0.2) is 44.0 Å². The number of esters is 1. The number of hydrogen-bond acceptors (Lipinski definition) is 37. The van der Waals surface area contributed by atoms with Gasteiger partial charge in [0.1, 0.15) is 178 Å². The first-order chi connectivity index (χ1) is 45.9. The van der Waals surface area contributed by atoms with E-state index >= 15 is 0 Å². The topological polar surface area (TPSA) is 597 Å². The van der Waals surface area contributed by atoms with E-state index in [-0.39, 0.29) is 6.42 Å². The molecule has 556 valence electrons. The second-order valence-corrected chi connectivity index (χ2v) is 25.0. The van der Waals surface area contributed by atoms with Gasteiger partial charge in [-0.25, -0.2) is 0 Å². The molecule has 0 aromatic carbocycles. The number of carboxylic acids is 1. The van der Waals surface area contributed by atoms with E-state index in [4.69, 9.17) is 71.1 Å². The summed E-state index contributed by atoms with van der Waals surface area (Å²) in [5.74, 6) is -3.82. The van der Waals surface area contributed by atoms with Crippen molar-refractivity contribution in [3.05, 3.63) is 12.2 Å². The number of allylic oxidation sites excluding steroid dienone is 2. The number of aliphatic hydroxyl groups is 20. The van der Waals surface area contributed by atoms with Gasteiger partial charge in [-0.15, -0.1) is 0 Å². The molecule has 96 heavy (non-hydrogen) atoms. The third-order valence-electron chi connectivity index (χ3n) is 18.3. The van der Waals surface area contributed by atoms with Crippen LogP contribution in [0.2, 0.25) is 0 Å². The van der Waals surface area contributed by atoms with Gasteiger partial charge in [-0.05, 0) is 19.3 Å². The van der Waals surface area contributed by atoms with Crippen molar-refractivity contribution in [2.45, 2.75) is 286 Å². The zero-order chi connectivity index (χ0) is 70.0. The Morgan fingerprint density at radius 3 is 0.823 bits per heavy atom. The second-order valence-electron chi connectivity index (χ2n) is 25.0. The van der Waals surface area contributed by atoms with E-state index in [0.717, 1.165) is 44.9 Å². The maximum Gasteiger partial charge on any atom is 0.309 e. The average molecular weight is 1400 g/mol. The average Bonchev–Trinajstić information content (AvgIpc) is 0.784. The van der Waals surface area contributed by atoms with E-state index in [1.165, 1.54) is 0 Å². The molecule has 21 aliphatic rings. The molecule has 0 aromatic heterocycles. The van der Waals surface area contributed by atoms with E-state index in [0.29, 0.717) is 6.42 Å². The Kier molecular flexibility index (Phi) is 30.0. The van der Waals surface area contributed by atoms with Crippen LogP contribution in [0.25, 0.3) is 0 Å². The number of carbonyl (C=O) groups excluding carboxylic acids is 1. The van der Waals surface area contributed by atoms with E-state index < -0.39 is 285 Å². The van der Waals surface area contributed by atoms with Crippen LogP contribution in [0.3, 0.4) is 0 Å². The van der Waals surface area contributed by atoms with Crippen molar-refractivity contribution in [1.29, 1.82) is 0 Å². The fourth-order valence-electron chi connectivity index (χ4n) is 12.8. The van der Waals surface area contributed by atoms with Crippen LogP contribution < -0.4 is 0 Å². The normalized spacial score (nSPS) is 47.1. The predicted molar refractivity (Wildman–Crippen MR) is 304 cm³/mol. The highest BCUT2D eigenvalue weighted by Crippen LogP contribution is 2.39. The summed E-state index contributed by atoms with van der Waals surface area (Å²) in [5.41, 5.74) is 0. The molecule has 21 fully saturated rings. The molecule has 21 aliphatic heterocycles. The third kappa shape index (κ3) is 18.2. The van der Waals surface area contributed by atoms with Crippen molar-refractivity contribution in [3.8, 4) is 0 Å². The summed E-state index contributed by atoms with van der Waals surface area (Å²) >= 11 is 0. The van der Waals surface area contributed by atoms with Gasteiger partial charge in [0.2, 0.25) is 0 Å². The fraction of sp³-hybridized carbons (Fsp3) is 0.931. The summed E-state index contributed by atoms with van der Waals surface area (Å²) in [7, 11) is 0. The Morgan fingerprint density at radius 1 is 0.333 bits per heavy atom. The zero-order valence-electron chi connectivity index (χ0n) is 52.3. The summed E-state index contributed by atoms with van der Waals surface area (Å²) < 4.78 is 86.7. The molecule has 14 bridgehead atoms. The first-order valence-corrected chi connectivity index (χ1v) is 32.2. The van der Waals surface area contributed by atoms with Gasteiger partial charge in [0.25, 0.3) is 0 Å². The predicted octanol–water partition coefficient (Wildman–Crippen LogP) is -10.5. The van der Waals surface area contributed by atoms with Crippen molar-refractivity contribution in [2.24, 2.45) is 5.92 Å². The second kappa shape index (κ2) is 36.5. The first-order valence-electron chi connectivity index (χ1n) is 32.2. The summed E-state index contributed by atoms with van der Waals surface area (Å²) in [6.45, 7) is -5.45. The maximum absolute atomic E-state index is 13.8. The van der Waals surface area contributed by atoms with Gasteiger partial charge in [-0.1, -0.05) is 57.6 Å². The van der Waals surface area contributed by atoms with Crippen LogP contribution in [0.4, 0.5) is 0 Å². The summed E-state index contributed by atoms with van der Waals surface area (Å²) in [4.78, 5) is 25.9. The third-order valence-corrected chi connectivity index (χ3v) is 18.3. The van der Waals surface area contributed by atoms with Gasteiger partial charge < -0.3 is 178 Å².